The Bertz CT molecular complexity index is 1050. The number of aryl methyl sites for hydroxylation is 1. The van der Waals surface area contributed by atoms with Gasteiger partial charge in [0.2, 0.25) is 0 Å². The largest absolute Gasteiger partial charge is 0.507 e. The van der Waals surface area contributed by atoms with Crippen LogP contribution >= 0.6 is 0 Å². The summed E-state index contributed by atoms with van der Waals surface area (Å²) in [6.45, 7) is 7.11. The van der Waals surface area contributed by atoms with E-state index in [-0.39, 0.29) is 5.63 Å². The molecule has 1 aliphatic heterocycles. The molecule has 0 unspecified atom stereocenters. The predicted molar refractivity (Wildman–Crippen MR) is 115 cm³/mol. The molecular weight excluding hydrogens is 364 g/mol. The molecule has 0 saturated carbocycles. The molecule has 4 rings (SSSR count). The van der Waals surface area contributed by atoms with Crippen LogP contribution in [0.25, 0.3) is 22.1 Å². The summed E-state index contributed by atoms with van der Waals surface area (Å²) < 4.78 is 5.70. The second kappa shape index (κ2) is 8.39. The average Bonchev–Trinajstić information content (AvgIpc) is 2.73. The first kappa shape index (κ1) is 19.7. The van der Waals surface area contributed by atoms with Crippen molar-refractivity contribution in [3.05, 3.63) is 64.0 Å². The number of rotatable bonds is 5. The minimum Gasteiger partial charge on any atom is -0.507 e. The summed E-state index contributed by atoms with van der Waals surface area (Å²) >= 11 is 0. The van der Waals surface area contributed by atoms with Gasteiger partial charge in [-0.2, -0.15) is 0 Å². The van der Waals surface area contributed by atoms with Crippen LogP contribution in [-0.2, 0) is 13.0 Å². The molecule has 1 fully saturated rings. The van der Waals surface area contributed by atoms with E-state index in [4.69, 9.17) is 4.42 Å². The van der Waals surface area contributed by atoms with Crippen molar-refractivity contribution in [3.8, 4) is 16.9 Å². The number of quaternary nitrogens is 2. The summed E-state index contributed by atoms with van der Waals surface area (Å²) in [5, 5.41) is 12.0. The second-order valence-electron chi connectivity index (χ2n) is 8.22. The van der Waals surface area contributed by atoms with Crippen LogP contribution in [0.3, 0.4) is 0 Å². The lowest BCUT2D eigenvalue weighted by molar-refractivity contribution is -1.01. The molecule has 29 heavy (non-hydrogen) atoms. The zero-order chi connectivity index (χ0) is 20.4. The standard InChI is InChI=1S/C24H28N2O3/c1-3-7-18-14-20-19(17-8-5-4-6-9-17)15-22(27)29-24(20)21(23(18)28)16-26-12-10-25(2)11-13-26/h4-6,8-9,14-15,28H,3,7,10-13,16H2,1-2H3/p+2. The first-order valence-electron chi connectivity index (χ1n) is 10.6. The molecule has 1 aliphatic rings. The first-order valence-corrected chi connectivity index (χ1v) is 10.6. The highest BCUT2D eigenvalue weighted by molar-refractivity contribution is 5.96. The SMILES string of the molecule is CCCc1cc2c(-c3ccccc3)cc(=O)oc2c(C[NH+]2CC[NH+](C)CC2)c1O. The maximum Gasteiger partial charge on any atom is 0.336 e. The molecule has 3 aromatic rings. The Morgan fingerprint density at radius 1 is 1.07 bits per heavy atom. The fraction of sp³-hybridized carbons (Fsp3) is 0.375. The van der Waals surface area contributed by atoms with Crippen molar-refractivity contribution in [2.75, 3.05) is 33.2 Å². The molecule has 3 N–H and O–H groups in total. The average molecular weight is 395 g/mol. The first-order chi connectivity index (χ1) is 14.1. The van der Waals surface area contributed by atoms with Gasteiger partial charge >= 0.3 is 5.63 Å². The third-order valence-electron chi connectivity index (χ3n) is 6.02. The number of likely N-dealkylation sites (N-methyl/N-ethyl adjacent to an activating group) is 1. The Morgan fingerprint density at radius 2 is 1.79 bits per heavy atom. The van der Waals surface area contributed by atoms with Crippen molar-refractivity contribution in [1.82, 2.24) is 0 Å². The molecule has 5 nitrogen and oxygen atoms in total. The number of phenolic OH excluding ortho intramolecular Hbond substituents is 1. The third-order valence-corrected chi connectivity index (χ3v) is 6.02. The van der Waals surface area contributed by atoms with Crippen molar-refractivity contribution >= 4 is 11.0 Å². The monoisotopic (exact) mass is 394 g/mol. The topological polar surface area (TPSA) is 59.3 Å². The van der Waals surface area contributed by atoms with Crippen LogP contribution in [0.1, 0.15) is 24.5 Å². The zero-order valence-corrected chi connectivity index (χ0v) is 17.3. The highest BCUT2D eigenvalue weighted by Crippen LogP contribution is 2.36. The second-order valence-corrected chi connectivity index (χ2v) is 8.22. The number of phenols is 1. The summed E-state index contributed by atoms with van der Waals surface area (Å²) in [5.74, 6) is 0.298. The molecule has 5 heteroatoms. The third kappa shape index (κ3) is 4.07. The van der Waals surface area contributed by atoms with Crippen LogP contribution in [0.4, 0.5) is 0 Å². The van der Waals surface area contributed by atoms with Crippen molar-refractivity contribution in [3.63, 3.8) is 0 Å². The number of benzene rings is 2. The predicted octanol–water partition coefficient (Wildman–Crippen LogP) is 1.03. The van der Waals surface area contributed by atoms with Gasteiger partial charge in [0.15, 0.2) is 5.58 Å². The van der Waals surface area contributed by atoms with Crippen LogP contribution in [-0.4, -0.2) is 38.3 Å². The van der Waals surface area contributed by atoms with Crippen LogP contribution in [0, 0.1) is 0 Å². The van der Waals surface area contributed by atoms with Crippen molar-refractivity contribution < 1.29 is 19.3 Å². The van der Waals surface area contributed by atoms with Gasteiger partial charge in [0.05, 0.1) is 12.6 Å². The van der Waals surface area contributed by atoms with Crippen LogP contribution in [0.2, 0.25) is 0 Å². The van der Waals surface area contributed by atoms with Gasteiger partial charge in [0, 0.05) is 11.5 Å². The summed E-state index contributed by atoms with van der Waals surface area (Å²) in [5.41, 5.74) is 3.72. The van der Waals surface area contributed by atoms with E-state index in [1.165, 1.54) is 4.90 Å². The molecule has 0 amide bonds. The van der Waals surface area contributed by atoms with Gasteiger partial charge in [-0.25, -0.2) is 4.79 Å². The molecule has 0 bridgehead atoms. The molecule has 1 saturated heterocycles. The van der Waals surface area contributed by atoms with E-state index in [1.54, 1.807) is 11.0 Å². The molecule has 152 valence electrons. The van der Waals surface area contributed by atoms with Gasteiger partial charge < -0.3 is 19.3 Å². The minimum atomic E-state index is -0.377. The number of hydrogen-bond donors (Lipinski definition) is 3. The number of aromatic hydroxyl groups is 1. The molecule has 0 aliphatic carbocycles. The Hall–Kier alpha value is -2.63. The number of hydrogen-bond acceptors (Lipinski definition) is 3. The van der Waals surface area contributed by atoms with E-state index < -0.39 is 0 Å². The Kier molecular flexibility index (Phi) is 5.69. The Morgan fingerprint density at radius 3 is 2.48 bits per heavy atom. The molecule has 2 aromatic carbocycles. The molecular formula is C24H30N2O3+2. The number of piperazine rings is 1. The van der Waals surface area contributed by atoms with E-state index >= 15 is 0 Å². The van der Waals surface area contributed by atoms with Gasteiger partial charge in [-0.3, -0.25) is 0 Å². The fourth-order valence-corrected chi connectivity index (χ4v) is 4.35. The van der Waals surface area contributed by atoms with Gasteiger partial charge in [-0.05, 0) is 29.2 Å². The summed E-state index contributed by atoms with van der Waals surface area (Å²) in [7, 11) is 2.22. The maximum absolute atomic E-state index is 12.4. The highest BCUT2D eigenvalue weighted by atomic mass is 16.4. The van der Waals surface area contributed by atoms with Crippen molar-refractivity contribution in [2.45, 2.75) is 26.3 Å². The van der Waals surface area contributed by atoms with Crippen LogP contribution < -0.4 is 15.4 Å². The van der Waals surface area contributed by atoms with Gasteiger partial charge in [-0.1, -0.05) is 43.7 Å². The lowest BCUT2D eigenvalue weighted by Crippen LogP contribution is -3.26. The molecule has 2 heterocycles. The minimum absolute atomic E-state index is 0.298. The van der Waals surface area contributed by atoms with E-state index in [0.717, 1.165) is 66.7 Å². The number of fused-ring (bicyclic) bond motifs is 1. The van der Waals surface area contributed by atoms with Gasteiger partial charge in [0.1, 0.15) is 38.5 Å². The maximum atomic E-state index is 12.4. The summed E-state index contributed by atoms with van der Waals surface area (Å²) in [6.07, 6.45) is 1.74. The zero-order valence-electron chi connectivity index (χ0n) is 17.3. The van der Waals surface area contributed by atoms with Crippen LogP contribution in [0.5, 0.6) is 5.75 Å². The molecule has 1 aromatic heterocycles. The lowest BCUT2D eigenvalue weighted by Gasteiger charge is -2.28. The van der Waals surface area contributed by atoms with Crippen molar-refractivity contribution in [1.29, 1.82) is 0 Å². The van der Waals surface area contributed by atoms with E-state index in [0.29, 0.717) is 17.9 Å². The fourth-order valence-electron chi connectivity index (χ4n) is 4.35. The Labute approximate surface area is 171 Å². The molecule has 0 spiro atoms. The number of nitrogens with one attached hydrogen (secondary N) is 2. The summed E-state index contributed by atoms with van der Waals surface area (Å²) in [4.78, 5) is 15.4. The molecule has 0 atom stereocenters. The van der Waals surface area contributed by atoms with E-state index in [2.05, 4.69) is 14.0 Å². The van der Waals surface area contributed by atoms with Gasteiger partial charge in [-0.15, -0.1) is 0 Å². The molecule has 0 radical (unpaired) electrons. The normalized spacial score (nSPS) is 19.5. The highest BCUT2D eigenvalue weighted by Gasteiger charge is 2.25. The van der Waals surface area contributed by atoms with E-state index in [9.17, 15) is 9.90 Å². The quantitative estimate of drug-likeness (QED) is 0.567. The van der Waals surface area contributed by atoms with Crippen molar-refractivity contribution in [2.24, 2.45) is 0 Å². The van der Waals surface area contributed by atoms with Crippen LogP contribution in [0.15, 0.2) is 51.7 Å². The van der Waals surface area contributed by atoms with E-state index in [1.807, 2.05) is 36.4 Å². The van der Waals surface area contributed by atoms with Gasteiger partial charge in [0.25, 0.3) is 0 Å². The summed E-state index contributed by atoms with van der Waals surface area (Å²) in [6, 6.07) is 13.5. The Balaban J connectivity index is 1.90. The smallest absolute Gasteiger partial charge is 0.336 e. The lowest BCUT2D eigenvalue weighted by atomic mass is 9.95.